The van der Waals surface area contributed by atoms with Gasteiger partial charge in [0.1, 0.15) is 10.6 Å². The molecule has 1 aromatic heterocycles. The fraction of sp³-hybridized carbons (Fsp3) is 0.357. The molecule has 0 spiro atoms. The molecule has 21 heavy (non-hydrogen) atoms. The van der Waals surface area contributed by atoms with E-state index in [0.717, 1.165) is 12.0 Å². The Morgan fingerprint density at radius 1 is 1.33 bits per heavy atom. The highest BCUT2D eigenvalue weighted by molar-refractivity contribution is 7.89. The van der Waals surface area contributed by atoms with Gasteiger partial charge in [0.2, 0.25) is 10.0 Å². The molecule has 0 aliphatic rings. The number of rotatable bonds is 6. The molecule has 0 amide bonds. The minimum atomic E-state index is -3.54. The largest absolute Gasteiger partial charge is 0.508 e. The van der Waals surface area contributed by atoms with Crippen molar-refractivity contribution in [3.63, 3.8) is 0 Å². The Bertz CT molecular complexity index is 693. The van der Waals surface area contributed by atoms with Crippen LogP contribution in [0, 0.1) is 6.92 Å². The molecule has 2 aromatic rings. The molecule has 7 heteroatoms. The lowest BCUT2D eigenvalue weighted by Gasteiger charge is -2.13. The number of phenols is 1. The van der Waals surface area contributed by atoms with Crippen LogP contribution in [-0.2, 0) is 16.4 Å². The summed E-state index contributed by atoms with van der Waals surface area (Å²) in [6.07, 6.45) is 2.71. The molecule has 1 aromatic carbocycles. The maximum Gasteiger partial charge on any atom is 0.244 e. The third-order valence-electron chi connectivity index (χ3n) is 3.23. The summed E-state index contributed by atoms with van der Waals surface area (Å²) in [5.41, 5.74) is 1.58. The van der Waals surface area contributed by atoms with Crippen LogP contribution in [0.4, 0.5) is 0 Å². The Morgan fingerprint density at radius 2 is 2.00 bits per heavy atom. The zero-order valence-corrected chi connectivity index (χ0v) is 12.8. The van der Waals surface area contributed by atoms with E-state index in [1.165, 1.54) is 6.20 Å². The van der Waals surface area contributed by atoms with E-state index in [4.69, 9.17) is 0 Å². The molecule has 0 aliphatic heterocycles. The molecule has 1 heterocycles. The molecule has 0 aliphatic carbocycles. The fourth-order valence-corrected chi connectivity index (χ4v) is 3.46. The van der Waals surface area contributed by atoms with Crippen molar-refractivity contribution in [2.45, 2.75) is 37.6 Å². The summed E-state index contributed by atoms with van der Waals surface area (Å²) in [6, 6.07) is 6.71. The highest BCUT2D eigenvalue weighted by Crippen LogP contribution is 2.14. The first-order chi connectivity index (χ1) is 9.88. The summed E-state index contributed by atoms with van der Waals surface area (Å²) < 4.78 is 27.0. The van der Waals surface area contributed by atoms with E-state index in [2.05, 4.69) is 14.9 Å². The van der Waals surface area contributed by atoms with Crippen molar-refractivity contribution in [1.29, 1.82) is 0 Å². The lowest BCUT2D eigenvalue weighted by molar-refractivity contribution is 0.475. The van der Waals surface area contributed by atoms with Crippen molar-refractivity contribution in [2.75, 3.05) is 0 Å². The van der Waals surface area contributed by atoms with Gasteiger partial charge in [-0.3, -0.25) is 5.10 Å². The molecule has 6 nitrogen and oxygen atoms in total. The number of aromatic amines is 1. The number of hydrogen-bond acceptors (Lipinski definition) is 4. The summed E-state index contributed by atoms with van der Waals surface area (Å²) >= 11 is 0. The van der Waals surface area contributed by atoms with Gasteiger partial charge >= 0.3 is 0 Å². The van der Waals surface area contributed by atoms with Crippen LogP contribution < -0.4 is 4.72 Å². The molecular weight excluding hydrogens is 290 g/mol. The minimum Gasteiger partial charge on any atom is -0.508 e. The number of benzene rings is 1. The molecule has 1 unspecified atom stereocenters. The van der Waals surface area contributed by atoms with Crippen LogP contribution >= 0.6 is 0 Å². The van der Waals surface area contributed by atoms with Crippen LogP contribution in [0.3, 0.4) is 0 Å². The summed E-state index contributed by atoms with van der Waals surface area (Å²) in [7, 11) is -3.54. The van der Waals surface area contributed by atoms with E-state index < -0.39 is 10.0 Å². The molecule has 0 radical (unpaired) electrons. The Labute approximate surface area is 124 Å². The fourth-order valence-electron chi connectivity index (χ4n) is 2.04. The molecular formula is C14H19N3O3S. The van der Waals surface area contributed by atoms with E-state index in [9.17, 15) is 13.5 Å². The average Bonchev–Trinajstić information content (AvgIpc) is 2.85. The van der Waals surface area contributed by atoms with E-state index in [0.29, 0.717) is 12.1 Å². The van der Waals surface area contributed by atoms with Crippen LogP contribution in [0.2, 0.25) is 0 Å². The van der Waals surface area contributed by atoms with Gasteiger partial charge in [-0.25, -0.2) is 13.1 Å². The molecule has 3 N–H and O–H groups in total. The Kier molecular flexibility index (Phi) is 4.64. The van der Waals surface area contributed by atoms with Crippen LogP contribution in [0.15, 0.2) is 35.4 Å². The molecule has 1 atom stereocenters. The topological polar surface area (TPSA) is 95.1 Å². The second kappa shape index (κ2) is 6.28. The van der Waals surface area contributed by atoms with Crippen molar-refractivity contribution >= 4 is 10.0 Å². The lowest BCUT2D eigenvalue weighted by Crippen LogP contribution is -2.33. The first-order valence-corrected chi connectivity index (χ1v) is 8.17. The molecule has 0 bridgehead atoms. The van der Waals surface area contributed by atoms with E-state index in [1.807, 2.05) is 19.1 Å². The second-order valence-corrected chi connectivity index (χ2v) is 6.77. The van der Waals surface area contributed by atoms with Gasteiger partial charge in [0.05, 0.1) is 11.9 Å². The van der Waals surface area contributed by atoms with Crippen molar-refractivity contribution in [2.24, 2.45) is 0 Å². The Morgan fingerprint density at radius 3 is 2.57 bits per heavy atom. The molecule has 114 valence electrons. The average molecular weight is 309 g/mol. The van der Waals surface area contributed by atoms with Gasteiger partial charge in [-0.05, 0) is 44.4 Å². The number of H-pyrrole nitrogens is 1. The third kappa shape index (κ3) is 4.05. The standard InChI is InChI=1S/C14H19N3O3S/c1-10(3-4-12-5-7-13(18)8-6-12)17-21(19,20)14-9-15-16-11(14)2/h5-10,17-18H,3-4H2,1-2H3,(H,15,16). The predicted octanol–water partition coefficient (Wildman–Crippen LogP) is 1.72. The maximum absolute atomic E-state index is 12.2. The third-order valence-corrected chi connectivity index (χ3v) is 4.94. The van der Waals surface area contributed by atoms with Crippen LogP contribution in [0.25, 0.3) is 0 Å². The second-order valence-electron chi connectivity index (χ2n) is 5.09. The Balaban J connectivity index is 1.94. The quantitative estimate of drug-likeness (QED) is 0.757. The Hall–Kier alpha value is -1.86. The van der Waals surface area contributed by atoms with Crippen molar-refractivity contribution in [3.8, 4) is 5.75 Å². The zero-order chi connectivity index (χ0) is 15.5. The van der Waals surface area contributed by atoms with Crippen LogP contribution in [0.5, 0.6) is 5.75 Å². The normalized spacial score (nSPS) is 13.2. The van der Waals surface area contributed by atoms with Crippen molar-refractivity contribution < 1.29 is 13.5 Å². The van der Waals surface area contributed by atoms with Crippen LogP contribution in [0.1, 0.15) is 24.6 Å². The number of phenolic OH excluding ortho intramolecular Hbond substituents is 1. The number of nitrogens with zero attached hydrogens (tertiary/aromatic N) is 1. The van der Waals surface area contributed by atoms with E-state index in [1.54, 1.807) is 19.1 Å². The molecule has 0 saturated carbocycles. The lowest BCUT2D eigenvalue weighted by atomic mass is 10.1. The van der Waals surface area contributed by atoms with E-state index >= 15 is 0 Å². The number of aromatic hydroxyl groups is 1. The van der Waals surface area contributed by atoms with Gasteiger partial charge in [-0.15, -0.1) is 0 Å². The van der Waals surface area contributed by atoms with Gasteiger partial charge in [0.15, 0.2) is 0 Å². The zero-order valence-electron chi connectivity index (χ0n) is 12.0. The number of aromatic nitrogens is 2. The number of hydrogen-bond donors (Lipinski definition) is 3. The summed E-state index contributed by atoms with van der Waals surface area (Å²) in [5, 5.41) is 15.6. The number of sulfonamides is 1. The summed E-state index contributed by atoms with van der Waals surface area (Å²) in [6.45, 7) is 3.50. The van der Waals surface area contributed by atoms with Gasteiger partial charge in [-0.1, -0.05) is 12.1 Å². The summed E-state index contributed by atoms with van der Waals surface area (Å²) in [5.74, 6) is 0.225. The smallest absolute Gasteiger partial charge is 0.244 e. The number of aryl methyl sites for hydroxylation is 2. The highest BCUT2D eigenvalue weighted by atomic mass is 32.2. The van der Waals surface area contributed by atoms with E-state index in [-0.39, 0.29) is 16.7 Å². The molecule has 0 fully saturated rings. The molecule has 0 saturated heterocycles. The first kappa shape index (κ1) is 15.5. The van der Waals surface area contributed by atoms with Gasteiger partial charge < -0.3 is 5.11 Å². The SMILES string of the molecule is Cc1[nH]ncc1S(=O)(=O)NC(C)CCc1ccc(O)cc1. The van der Waals surface area contributed by atoms with Gasteiger partial charge in [-0.2, -0.15) is 5.10 Å². The predicted molar refractivity (Wildman–Crippen MR) is 79.5 cm³/mol. The van der Waals surface area contributed by atoms with Crippen molar-refractivity contribution in [3.05, 3.63) is 41.7 Å². The number of nitrogens with one attached hydrogen (secondary N) is 2. The first-order valence-electron chi connectivity index (χ1n) is 6.68. The minimum absolute atomic E-state index is 0.180. The van der Waals surface area contributed by atoms with Gasteiger partial charge in [0, 0.05) is 6.04 Å². The monoisotopic (exact) mass is 309 g/mol. The highest BCUT2D eigenvalue weighted by Gasteiger charge is 2.20. The van der Waals surface area contributed by atoms with Crippen LogP contribution in [-0.4, -0.2) is 29.8 Å². The molecule has 2 rings (SSSR count). The maximum atomic E-state index is 12.2. The van der Waals surface area contributed by atoms with Gasteiger partial charge in [0.25, 0.3) is 0 Å². The van der Waals surface area contributed by atoms with Crippen molar-refractivity contribution in [1.82, 2.24) is 14.9 Å². The summed E-state index contributed by atoms with van der Waals surface area (Å²) in [4.78, 5) is 0.180.